The molecule has 1 rings (SSSR count). The van der Waals surface area contributed by atoms with Gasteiger partial charge < -0.3 is 5.43 Å². The topological polar surface area (TPSA) is 120 Å². The van der Waals surface area contributed by atoms with E-state index in [1.54, 1.807) is 0 Å². The first-order valence-corrected chi connectivity index (χ1v) is 3.36. The number of hydrogen-bond acceptors (Lipinski definition) is 6. The molecule has 6 nitrogen and oxygen atoms in total. The van der Waals surface area contributed by atoms with Gasteiger partial charge in [-0.05, 0) is 12.1 Å². The molecule has 0 aromatic heterocycles. The van der Waals surface area contributed by atoms with Crippen LogP contribution in [0.3, 0.4) is 0 Å². The Kier molecular flexibility index (Phi) is 13.6. The molecule has 0 unspecified atom stereocenters. The lowest BCUT2D eigenvalue weighted by Gasteiger charge is -1.94. The summed E-state index contributed by atoms with van der Waals surface area (Å²) in [4.78, 5) is 16.7. The number of carbonyl (C=O) groups excluding carboxylic acids is 2. The number of hydrogen-bond donors (Lipinski definition) is 4. The summed E-state index contributed by atoms with van der Waals surface area (Å²) in [5.41, 5.74) is 3.46. The van der Waals surface area contributed by atoms with Crippen LogP contribution < -0.4 is 11.3 Å². The van der Waals surface area contributed by atoms with Crippen LogP contribution in [0.4, 0.5) is 5.69 Å². The molecular weight excluding hydrogens is 184 g/mol. The lowest BCUT2D eigenvalue weighted by atomic mass is 10.3. The van der Waals surface area contributed by atoms with Gasteiger partial charge in [0.25, 0.3) is 0 Å². The normalized spacial score (nSPS) is 6.07. The van der Waals surface area contributed by atoms with E-state index < -0.39 is 0 Å². The first-order valence-electron chi connectivity index (χ1n) is 3.36. The monoisotopic (exact) mass is 194 g/mol. The van der Waals surface area contributed by atoms with Gasteiger partial charge in [0.15, 0.2) is 0 Å². The molecule has 5 N–H and O–H groups in total. The molecule has 0 bridgehead atoms. The number of rotatable bonds is 1. The Morgan fingerprint density at radius 2 is 1.43 bits per heavy atom. The highest BCUT2D eigenvalue weighted by molar-refractivity contribution is 5.40. The molecule has 0 radical (unpaired) electrons. The second kappa shape index (κ2) is 13.3. The van der Waals surface area contributed by atoms with Crippen molar-refractivity contribution in [1.29, 1.82) is 10.8 Å². The second-order valence-electron chi connectivity index (χ2n) is 1.71. The second-order valence-corrected chi connectivity index (χ2v) is 1.71. The fourth-order valence-electron chi connectivity index (χ4n) is 0.534. The average Bonchev–Trinajstić information content (AvgIpc) is 2.21. The Balaban J connectivity index is 0. The summed E-state index contributed by atoms with van der Waals surface area (Å²) in [5, 5.41) is 10.8. The van der Waals surface area contributed by atoms with Crippen molar-refractivity contribution in [2.75, 3.05) is 5.43 Å². The number of nitrogens with one attached hydrogen (secondary N) is 3. The Morgan fingerprint density at radius 3 is 1.64 bits per heavy atom. The molecule has 0 saturated heterocycles. The van der Waals surface area contributed by atoms with Gasteiger partial charge in [0.2, 0.25) is 12.2 Å². The fourth-order valence-corrected chi connectivity index (χ4v) is 0.534. The van der Waals surface area contributed by atoms with Crippen LogP contribution in [0.15, 0.2) is 30.3 Å². The van der Waals surface area contributed by atoms with Crippen LogP contribution in [-0.2, 0) is 9.59 Å². The SMILES string of the molecule is N=C=O.N=C=O.NNc1ccccc1. The van der Waals surface area contributed by atoms with Gasteiger partial charge in [-0.15, -0.1) is 0 Å². The zero-order chi connectivity index (χ0) is 11.2. The van der Waals surface area contributed by atoms with Gasteiger partial charge in [-0.1, -0.05) is 18.2 Å². The molecule has 14 heavy (non-hydrogen) atoms. The van der Waals surface area contributed by atoms with Gasteiger partial charge in [0.05, 0.1) is 0 Å². The number of hydrazine groups is 1. The molecule has 0 fully saturated rings. The maximum absolute atomic E-state index is 8.35. The minimum atomic E-state index is 0.750. The highest BCUT2D eigenvalue weighted by Crippen LogP contribution is 2.00. The molecule has 0 heterocycles. The highest BCUT2D eigenvalue weighted by atomic mass is 16.1. The summed E-state index contributed by atoms with van der Waals surface area (Å²) in [6, 6.07) is 9.60. The minimum Gasteiger partial charge on any atom is -0.324 e. The smallest absolute Gasteiger partial charge is 0.231 e. The van der Waals surface area contributed by atoms with Crippen molar-refractivity contribution in [2.45, 2.75) is 0 Å². The molecule has 0 atom stereocenters. The Labute approximate surface area is 80.7 Å². The van der Waals surface area contributed by atoms with E-state index >= 15 is 0 Å². The third kappa shape index (κ3) is 12.4. The zero-order valence-electron chi connectivity index (χ0n) is 7.28. The third-order valence-corrected chi connectivity index (χ3v) is 0.940. The van der Waals surface area contributed by atoms with Crippen LogP contribution in [0.25, 0.3) is 0 Å². The lowest BCUT2D eigenvalue weighted by Crippen LogP contribution is -2.05. The average molecular weight is 194 g/mol. The van der Waals surface area contributed by atoms with Crippen molar-refractivity contribution in [2.24, 2.45) is 5.84 Å². The molecule has 1 aromatic carbocycles. The number of anilines is 1. The molecule has 74 valence electrons. The number of isocyanates is 2. The van der Waals surface area contributed by atoms with E-state index in [0.717, 1.165) is 17.8 Å². The fraction of sp³-hybridized carbons (Fsp3) is 0. The third-order valence-electron chi connectivity index (χ3n) is 0.940. The van der Waals surface area contributed by atoms with Crippen LogP contribution in [0.1, 0.15) is 0 Å². The summed E-state index contributed by atoms with van der Waals surface area (Å²) in [6.07, 6.45) is 1.50. The zero-order valence-corrected chi connectivity index (χ0v) is 7.28. The maximum Gasteiger partial charge on any atom is 0.231 e. The van der Waals surface area contributed by atoms with Gasteiger partial charge in [-0.2, -0.15) is 0 Å². The van der Waals surface area contributed by atoms with E-state index in [4.69, 9.17) is 26.3 Å². The van der Waals surface area contributed by atoms with Crippen molar-refractivity contribution in [3.05, 3.63) is 30.3 Å². The summed E-state index contributed by atoms with van der Waals surface area (Å²) < 4.78 is 0. The van der Waals surface area contributed by atoms with Gasteiger partial charge in [-0.3, -0.25) is 5.84 Å². The first kappa shape index (κ1) is 14.3. The quantitative estimate of drug-likeness (QED) is 0.228. The highest BCUT2D eigenvalue weighted by Gasteiger charge is 1.78. The van der Waals surface area contributed by atoms with Crippen LogP contribution in [0.5, 0.6) is 0 Å². The number of nitrogens with two attached hydrogens (primary N) is 1. The van der Waals surface area contributed by atoms with E-state index in [2.05, 4.69) is 5.43 Å². The number of benzene rings is 1. The molecule has 0 saturated carbocycles. The summed E-state index contributed by atoms with van der Waals surface area (Å²) in [5.74, 6) is 5.10. The molecular formula is C8H10N4O2. The molecule has 0 aliphatic rings. The molecule has 0 amide bonds. The molecule has 0 aliphatic carbocycles. The van der Waals surface area contributed by atoms with E-state index in [9.17, 15) is 0 Å². The molecule has 6 heteroatoms. The van der Waals surface area contributed by atoms with Gasteiger partial charge in [-0.25, -0.2) is 20.4 Å². The van der Waals surface area contributed by atoms with E-state index in [0.29, 0.717) is 0 Å². The van der Waals surface area contributed by atoms with Gasteiger partial charge >= 0.3 is 0 Å². The summed E-state index contributed by atoms with van der Waals surface area (Å²) in [7, 11) is 0. The van der Waals surface area contributed by atoms with Crippen molar-refractivity contribution in [3.63, 3.8) is 0 Å². The molecule has 0 spiro atoms. The Hall–Kier alpha value is -2.26. The standard InChI is InChI=1S/C6H8N2.2CHNO/c7-8-6-4-2-1-3-5-6;2*2-1-3/h1-5,8H,7H2;2*2H. The van der Waals surface area contributed by atoms with Crippen LogP contribution >= 0.6 is 0 Å². The molecule has 0 aliphatic heterocycles. The van der Waals surface area contributed by atoms with Gasteiger partial charge in [0.1, 0.15) is 0 Å². The van der Waals surface area contributed by atoms with Crippen molar-refractivity contribution in [3.8, 4) is 0 Å². The van der Waals surface area contributed by atoms with Crippen molar-refractivity contribution in [1.82, 2.24) is 0 Å². The van der Waals surface area contributed by atoms with E-state index in [1.165, 1.54) is 0 Å². The Morgan fingerprint density at radius 1 is 1.07 bits per heavy atom. The number of para-hydroxylation sites is 1. The first-order chi connectivity index (χ1) is 6.76. The van der Waals surface area contributed by atoms with Gasteiger partial charge in [0, 0.05) is 5.69 Å². The van der Waals surface area contributed by atoms with Crippen LogP contribution in [0, 0.1) is 10.8 Å². The summed E-state index contributed by atoms with van der Waals surface area (Å²) in [6.45, 7) is 0. The lowest BCUT2D eigenvalue weighted by molar-refractivity contribution is 0.562. The van der Waals surface area contributed by atoms with Crippen LogP contribution in [-0.4, -0.2) is 12.2 Å². The van der Waals surface area contributed by atoms with Crippen molar-refractivity contribution < 1.29 is 9.59 Å². The maximum atomic E-state index is 8.35. The van der Waals surface area contributed by atoms with E-state index in [1.807, 2.05) is 30.3 Å². The van der Waals surface area contributed by atoms with Crippen molar-refractivity contribution >= 4 is 17.8 Å². The number of nitrogen functional groups attached to an aromatic ring is 1. The van der Waals surface area contributed by atoms with E-state index in [-0.39, 0.29) is 0 Å². The predicted molar refractivity (Wildman–Crippen MR) is 51.1 cm³/mol. The largest absolute Gasteiger partial charge is 0.324 e. The molecule has 1 aromatic rings. The Bertz CT molecular complexity index is 275. The predicted octanol–water partition coefficient (Wildman–Crippen LogP) is 0.774. The minimum absolute atomic E-state index is 0.750. The summed E-state index contributed by atoms with van der Waals surface area (Å²) >= 11 is 0. The van der Waals surface area contributed by atoms with Crippen LogP contribution in [0.2, 0.25) is 0 Å².